The number of benzene rings is 4. The maximum atomic E-state index is 5.48. The van der Waals surface area contributed by atoms with E-state index >= 15 is 0 Å². The van der Waals surface area contributed by atoms with Gasteiger partial charge >= 0.3 is 0 Å². The van der Waals surface area contributed by atoms with Crippen LogP contribution in [0.1, 0.15) is 50.7 Å². The largest absolute Gasteiger partial charge is 0.355 e. The smallest absolute Gasteiger partial charge is 0.127 e. The summed E-state index contributed by atoms with van der Waals surface area (Å²) >= 11 is 0. The Morgan fingerprint density at radius 2 is 0.826 bits per heavy atom. The van der Waals surface area contributed by atoms with E-state index in [1.807, 2.05) is 0 Å². The van der Waals surface area contributed by atoms with Crippen molar-refractivity contribution in [1.29, 1.82) is 0 Å². The molecular formula is C40H34N6. The normalized spacial score (nSPS) is 14.9. The monoisotopic (exact) mass is 598 g/mol. The van der Waals surface area contributed by atoms with Gasteiger partial charge in [0.2, 0.25) is 0 Å². The van der Waals surface area contributed by atoms with Gasteiger partial charge in [-0.1, -0.05) is 84.9 Å². The highest BCUT2D eigenvalue weighted by Crippen LogP contribution is 2.45. The van der Waals surface area contributed by atoms with E-state index in [1.54, 1.807) is 0 Å². The van der Waals surface area contributed by atoms with Crippen LogP contribution in [0.4, 0.5) is 0 Å². The number of para-hydroxylation sites is 2. The Morgan fingerprint density at radius 1 is 0.457 bits per heavy atom. The van der Waals surface area contributed by atoms with Crippen LogP contribution < -0.4 is 0 Å². The van der Waals surface area contributed by atoms with Gasteiger partial charge in [-0.25, -0.2) is 9.97 Å². The van der Waals surface area contributed by atoms with Crippen LogP contribution in [0.25, 0.3) is 55.7 Å². The first kappa shape index (κ1) is 26.8. The van der Waals surface area contributed by atoms with E-state index in [4.69, 9.17) is 9.97 Å². The number of aromatic nitrogens is 6. The molecule has 0 saturated heterocycles. The lowest BCUT2D eigenvalue weighted by Gasteiger charge is -2.26. The van der Waals surface area contributed by atoms with Gasteiger partial charge in [0.1, 0.15) is 23.0 Å². The number of fused-ring (bicyclic) bond motifs is 16. The summed E-state index contributed by atoms with van der Waals surface area (Å²) in [4.78, 5) is 18.8. The van der Waals surface area contributed by atoms with Crippen LogP contribution in [0.2, 0.25) is 0 Å². The van der Waals surface area contributed by atoms with Gasteiger partial charge in [-0.3, -0.25) is 0 Å². The SMILES string of the molecule is CC1(C)c2[nH]c(c3ccccc23)-c2cn(-c3ccccc3)c(n2)C(C)(C)c2nc(cn2-c2ccccc2)-c2[nH]c1c1ccccc21. The predicted molar refractivity (Wildman–Crippen MR) is 186 cm³/mol. The second kappa shape index (κ2) is 9.44. The summed E-state index contributed by atoms with van der Waals surface area (Å²) in [5.41, 5.74) is 7.27. The van der Waals surface area contributed by atoms with E-state index < -0.39 is 10.8 Å². The molecule has 5 heterocycles. The Labute approximate surface area is 267 Å². The molecule has 8 bridgehead atoms. The van der Waals surface area contributed by atoms with E-state index in [0.717, 1.165) is 68.0 Å². The molecular weight excluding hydrogens is 564 g/mol. The maximum absolute atomic E-state index is 5.48. The Hall–Kier alpha value is -5.62. The lowest BCUT2D eigenvalue weighted by molar-refractivity contribution is 0.533. The maximum Gasteiger partial charge on any atom is 0.127 e. The van der Waals surface area contributed by atoms with Crippen molar-refractivity contribution >= 4 is 21.5 Å². The van der Waals surface area contributed by atoms with Crippen LogP contribution >= 0.6 is 0 Å². The number of nitrogens with one attached hydrogen (secondary N) is 2. The fourth-order valence-corrected chi connectivity index (χ4v) is 7.43. The second-order valence-electron chi connectivity index (χ2n) is 13.4. The molecule has 2 N–H and O–H groups in total. The van der Waals surface area contributed by atoms with Crippen LogP contribution in [-0.2, 0) is 10.8 Å². The highest BCUT2D eigenvalue weighted by molar-refractivity contribution is 6.01. The molecule has 4 aromatic carbocycles. The number of hydrogen-bond acceptors (Lipinski definition) is 2. The summed E-state index contributed by atoms with van der Waals surface area (Å²) < 4.78 is 4.47. The molecule has 0 radical (unpaired) electrons. The van der Waals surface area contributed by atoms with Crippen molar-refractivity contribution in [1.82, 2.24) is 29.1 Å². The number of imidazole rings is 2. The zero-order valence-electron chi connectivity index (χ0n) is 26.3. The van der Waals surface area contributed by atoms with Crippen molar-refractivity contribution in [2.45, 2.75) is 38.5 Å². The Kier molecular flexibility index (Phi) is 5.49. The van der Waals surface area contributed by atoms with Crippen molar-refractivity contribution in [3.8, 4) is 34.2 Å². The highest BCUT2D eigenvalue weighted by Gasteiger charge is 2.38. The average molecular weight is 599 g/mol. The van der Waals surface area contributed by atoms with Crippen LogP contribution in [0.15, 0.2) is 122 Å². The molecule has 0 atom stereocenters. The first-order valence-electron chi connectivity index (χ1n) is 15.9. The minimum Gasteiger partial charge on any atom is -0.355 e. The van der Waals surface area contributed by atoms with E-state index in [2.05, 4.69) is 168 Å². The zero-order valence-corrected chi connectivity index (χ0v) is 26.3. The average Bonchev–Trinajstić information content (AvgIpc) is 3.88. The fraction of sp³-hybridized carbons (Fsp3) is 0.150. The third kappa shape index (κ3) is 3.70. The Balaban J connectivity index is 1.45. The number of rotatable bonds is 2. The van der Waals surface area contributed by atoms with Crippen molar-refractivity contribution < 1.29 is 0 Å². The zero-order chi connectivity index (χ0) is 31.2. The number of aromatic amines is 2. The van der Waals surface area contributed by atoms with Crippen molar-refractivity contribution in [2.75, 3.05) is 0 Å². The summed E-state index contributed by atoms with van der Waals surface area (Å²) in [6.07, 6.45) is 4.36. The third-order valence-corrected chi connectivity index (χ3v) is 9.79. The van der Waals surface area contributed by atoms with Gasteiger partial charge < -0.3 is 19.1 Å². The summed E-state index contributed by atoms with van der Waals surface area (Å²) in [6, 6.07) is 38.3. The molecule has 1 aliphatic rings. The van der Waals surface area contributed by atoms with Gasteiger partial charge in [-0.2, -0.15) is 0 Å². The van der Waals surface area contributed by atoms with E-state index in [9.17, 15) is 0 Å². The van der Waals surface area contributed by atoms with Gasteiger partial charge in [0.15, 0.2) is 0 Å². The Morgan fingerprint density at radius 3 is 1.24 bits per heavy atom. The van der Waals surface area contributed by atoms with Gasteiger partial charge in [0, 0.05) is 62.1 Å². The molecule has 8 aromatic rings. The Bertz CT molecular complexity index is 2250. The molecule has 6 nitrogen and oxygen atoms in total. The second-order valence-corrected chi connectivity index (χ2v) is 13.4. The first-order chi connectivity index (χ1) is 22.3. The quantitative estimate of drug-likeness (QED) is 0.208. The van der Waals surface area contributed by atoms with Gasteiger partial charge in [0.05, 0.1) is 16.8 Å². The van der Waals surface area contributed by atoms with Crippen LogP contribution in [-0.4, -0.2) is 29.1 Å². The van der Waals surface area contributed by atoms with Crippen molar-refractivity contribution in [3.63, 3.8) is 0 Å². The molecule has 6 heteroatoms. The van der Waals surface area contributed by atoms with Gasteiger partial charge in [0.25, 0.3) is 0 Å². The van der Waals surface area contributed by atoms with Gasteiger partial charge in [-0.15, -0.1) is 0 Å². The highest BCUT2D eigenvalue weighted by atomic mass is 15.1. The molecule has 0 amide bonds. The lowest BCUT2D eigenvalue weighted by atomic mass is 9.82. The third-order valence-electron chi connectivity index (χ3n) is 9.79. The minimum absolute atomic E-state index is 0.394. The molecule has 1 aliphatic heterocycles. The molecule has 0 saturated carbocycles. The molecule has 4 aromatic heterocycles. The molecule has 46 heavy (non-hydrogen) atoms. The predicted octanol–water partition coefficient (Wildman–Crippen LogP) is 9.32. The minimum atomic E-state index is -0.595. The summed E-state index contributed by atoms with van der Waals surface area (Å²) in [5, 5.41) is 4.71. The molecule has 0 aliphatic carbocycles. The van der Waals surface area contributed by atoms with Crippen molar-refractivity contribution in [3.05, 3.63) is 145 Å². The topological polar surface area (TPSA) is 67.2 Å². The van der Waals surface area contributed by atoms with E-state index in [0.29, 0.717) is 0 Å². The molecule has 224 valence electrons. The first-order valence-corrected chi connectivity index (χ1v) is 15.9. The molecule has 0 fully saturated rings. The standard InChI is InChI=1S/C40H34N6/c1-39(2)35-29-21-13-11-19-27(29)33(43-35)31-23-45(25-15-7-5-8-16-25)37(41-31)40(3,4)38-42-32(24-46(38)26-17-9-6-10-18-26)34-28-20-12-14-22-30(28)36(39)44-34/h5-24,43-44H,1-4H3. The van der Waals surface area contributed by atoms with Crippen molar-refractivity contribution in [2.24, 2.45) is 0 Å². The molecule has 9 rings (SSSR count). The van der Waals surface area contributed by atoms with E-state index in [-0.39, 0.29) is 0 Å². The summed E-state index contributed by atoms with van der Waals surface area (Å²) in [5.74, 6) is 1.83. The summed E-state index contributed by atoms with van der Waals surface area (Å²) in [6.45, 7) is 9.06. The molecule has 0 unspecified atom stereocenters. The van der Waals surface area contributed by atoms with Crippen LogP contribution in [0.5, 0.6) is 0 Å². The fourth-order valence-electron chi connectivity index (χ4n) is 7.43. The number of hydrogen-bond donors (Lipinski definition) is 2. The van der Waals surface area contributed by atoms with E-state index in [1.165, 1.54) is 10.8 Å². The van der Waals surface area contributed by atoms with Crippen LogP contribution in [0, 0.1) is 0 Å². The number of nitrogens with zero attached hydrogens (tertiary/aromatic N) is 4. The summed E-state index contributed by atoms with van der Waals surface area (Å²) in [7, 11) is 0. The van der Waals surface area contributed by atoms with Crippen LogP contribution in [0.3, 0.4) is 0 Å². The van der Waals surface area contributed by atoms with Gasteiger partial charge in [-0.05, 0) is 52.0 Å². The molecule has 0 spiro atoms. The number of H-pyrrole nitrogens is 2. The lowest BCUT2D eigenvalue weighted by Crippen LogP contribution is -2.28.